The molecule has 0 spiro atoms. The molecule has 3 heteroatoms. The van der Waals surface area contributed by atoms with Crippen molar-refractivity contribution in [2.45, 2.75) is 26.9 Å². The lowest BCUT2D eigenvalue weighted by Crippen LogP contribution is -2.19. The maximum absolute atomic E-state index is 8.75. The molecule has 1 unspecified atom stereocenters. The number of anilines is 1. The zero-order valence-corrected chi connectivity index (χ0v) is 9.32. The van der Waals surface area contributed by atoms with Crippen LogP contribution in [0.5, 0.6) is 5.75 Å². The molecule has 1 atom stereocenters. The predicted molar refractivity (Wildman–Crippen MR) is 60.5 cm³/mol. The molecule has 15 heavy (non-hydrogen) atoms. The molecular formula is C12H16N2O. The van der Waals surface area contributed by atoms with Gasteiger partial charge in [-0.3, -0.25) is 0 Å². The van der Waals surface area contributed by atoms with Gasteiger partial charge in [-0.05, 0) is 25.0 Å². The van der Waals surface area contributed by atoms with Gasteiger partial charge in [0.2, 0.25) is 0 Å². The van der Waals surface area contributed by atoms with Crippen LogP contribution < -0.4 is 10.5 Å². The Kier molecular flexibility index (Phi) is 3.56. The van der Waals surface area contributed by atoms with Gasteiger partial charge in [-0.25, -0.2) is 0 Å². The number of hydrogen-bond donors (Lipinski definition) is 1. The molecule has 0 saturated heterocycles. The van der Waals surface area contributed by atoms with Crippen LogP contribution in [0.15, 0.2) is 18.2 Å². The summed E-state index contributed by atoms with van der Waals surface area (Å²) in [4.78, 5) is 0. The molecule has 0 saturated carbocycles. The second-order valence-corrected chi connectivity index (χ2v) is 3.93. The van der Waals surface area contributed by atoms with E-state index in [1.54, 1.807) is 18.2 Å². The predicted octanol–water partition coefficient (Wildman–Crippen LogP) is 2.56. The van der Waals surface area contributed by atoms with Gasteiger partial charge in [0.15, 0.2) is 0 Å². The van der Waals surface area contributed by atoms with Crippen LogP contribution in [0.1, 0.15) is 26.3 Å². The Morgan fingerprint density at radius 2 is 2.00 bits per heavy atom. The van der Waals surface area contributed by atoms with E-state index in [1.165, 1.54) is 0 Å². The molecule has 0 aromatic heterocycles. The van der Waals surface area contributed by atoms with Gasteiger partial charge in [0, 0.05) is 6.07 Å². The number of nitrogens with two attached hydrogens (primary N) is 1. The quantitative estimate of drug-likeness (QED) is 0.770. The summed E-state index contributed by atoms with van der Waals surface area (Å²) in [6.45, 7) is 6.15. The summed E-state index contributed by atoms with van der Waals surface area (Å²) < 4.78 is 5.67. The minimum Gasteiger partial charge on any atom is -0.488 e. The summed E-state index contributed by atoms with van der Waals surface area (Å²) in [5.74, 6) is 1.00. The first kappa shape index (κ1) is 11.4. The van der Waals surface area contributed by atoms with Crippen LogP contribution in [0.3, 0.4) is 0 Å². The molecule has 0 fully saturated rings. The summed E-state index contributed by atoms with van der Waals surface area (Å²) in [7, 11) is 0. The van der Waals surface area contributed by atoms with Gasteiger partial charge in [0.1, 0.15) is 5.75 Å². The van der Waals surface area contributed by atoms with E-state index in [9.17, 15) is 0 Å². The molecule has 2 N–H and O–H groups in total. The number of benzene rings is 1. The van der Waals surface area contributed by atoms with Crippen molar-refractivity contribution >= 4 is 5.69 Å². The molecule has 1 aromatic carbocycles. The fourth-order valence-corrected chi connectivity index (χ4v) is 1.04. The van der Waals surface area contributed by atoms with Gasteiger partial charge in [-0.1, -0.05) is 13.8 Å². The minimum atomic E-state index is 0.0845. The number of nitrogens with zero attached hydrogens (tertiary/aromatic N) is 1. The Morgan fingerprint density at radius 1 is 1.33 bits per heavy atom. The summed E-state index contributed by atoms with van der Waals surface area (Å²) >= 11 is 0. The highest BCUT2D eigenvalue weighted by Crippen LogP contribution is 2.24. The highest BCUT2D eigenvalue weighted by atomic mass is 16.5. The third-order valence-corrected chi connectivity index (χ3v) is 2.39. The van der Waals surface area contributed by atoms with Crippen molar-refractivity contribution in [1.29, 1.82) is 5.26 Å². The van der Waals surface area contributed by atoms with E-state index < -0.39 is 0 Å². The van der Waals surface area contributed by atoms with Gasteiger partial charge < -0.3 is 10.5 Å². The fraction of sp³-hybridized carbons (Fsp3) is 0.417. The van der Waals surface area contributed by atoms with Crippen molar-refractivity contribution < 1.29 is 4.74 Å². The van der Waals surface area contributed by atoms with Crippen LogP contribution in [0.4, 0.5) is 5.69 Å². The van der Waals surface area contributed by atoms with E-state index in [1.807, 2.05) is 6.92 Å². The lowest BCUT2D eigenvalue weighted by molar-refractivity contribution is 0.171. The van der Waals surface area contributed by atoms with E-state index in [-0.39, 0.29) is 6.10 Å². The van der Waals surface area contributed by atoms with Crippen molar-refractivity contribution in [2.75, 3.05) is 5.73 Å². The molecule has 80 valence electrons. The van der Waals surface area contributed by atoms with E-state index in [4.69, 9.17) is 15.7 Å². The van der Waals surface area contributed by atoms with Gasteiger partial charge >= 0.3 is 0 Å². The van der Waals surface area contributed by atoms with Crippen LogP contribution in [0, 0.1) is 17.2 Å². The van der Waals surface area contributed by atoms with E-state index in [0.29, 0.717) is 22.9 Å². The molecule has 0 aliphatic carbocycles. The molecule has 0 radical (unpaired) electrons. The Hall–Kier alpha value is -1.69. The molecule has 1 rings (SSSR count). The second kappa shape index (κ2) is 4.70. The fourth-order valence-electron chi connectivity index (χ4n) is 1.04. The normalized spacial score (nSPS) is 12.2. The molecule has 0 bridgehead atoms. The van der Waals surface area contributed by atoms with Crippen LogP contribution in [0.25, 0.3) is 0 Å². The molecular weight excluding hydrogens is 188 g/mol. The SMILES string of the molecule is CC(C)C(C)Oc1cc(C#N)ccc1N. The highest BCUT2D eigenvalue weighted by molar-refractivity contribution is 5.56. The Morgan fingerprint density at radius 3 is 2.53 bits per heavy atom. The van der Waals surface area contributed by atoms with Crippen molar-refractivity contribution in [1.82, 2.24) is 0 Å². The van der Waals surface area contributed by atoms with Gasteiger partial charge in [-0.2, -0.15) is 5.26 Å². The average molecular weight is 204 g/mol. The molecule has 3 nitrogen and oxygen atoms in total. The highest BCUT2D eigenvalue weighted by Gasteiger charge is 2.11. The Bertz CT molecular complexity index is 380. The zero-order valence-electron chi connectivity index (χ0n) is 9.32. The van der Waals surface area contributed by atoms with Crippen molar-refractivity contribution in [3.05, 3.63) is 23.8 Å². The molecule has 0 aliphatic heterocycles. The largest absolute Gasteiger partial charge is 0.488 e. The topological polar surface area (TPSA) is 59.0 Å². The third kappa shape index (κ3) is 2.88. The number of ether oxygens (including phenoxy) is 1. The summed E-state index contributed by atoms with van der Waals surface area (Å²) in [5, 5.41) is 8.75. The smallest absolute Gasteiger partial charge is 0.143 e. The maximum Gasteiger partial charge on any atom is 0.143 e. The molecule has 1 aromatic rings. The maximum atomic E-state index is 8.75. The number of hydrogen-bond acceptors (Lipinski definition) is 3. The first-order valence-electron chi connectivity index (χ1n) is 5.01. The monoisotopic (exact) mass is 204 g/mol. The van der Waals surface area contributed by atoms with Crippen LogP contribution in [-0.2, 0) is 0 Å². The lowest BCUT2D eigenvalue weighted by atomic mass is 10.1. The van der Waals surface area contributed by atoms with Gasteiger partial charge in [0.05, 0.1) is 23.4 Å². The van der Waals surface area contributed by atoms with Crippen LogP contribution in [-0.4, -0.2) is 6.10 Å². The van der Waals surface area contributed by atoms with Gasteiger partial charge in [0.25, 0.3) is 0 Å². The summed E-state index contributed by atoms with van der Waals surface area (Å²) in [5.41, 5.74) is 6.89. The van der Waals surface area contributed by atoms with Gasteiger partial charge in [-0.15, -0.1) is 0 Å². The number of nitrogen functional groups attached to an aromatic ring is 1. The average Bonchev–Trinajstić information content (AvgIpc) is 2.21. The lowest BCUT2D eigenvalue weighted by Gasteiger charge is -2.19. The number of nitriles is 1. The van der Waals surface area contributed by atoms with E-state index >= 15 is 0 Å². The molecule has 0 amide bonds. The zero-order chi connectivity index (χ0) is 11.4. The van der Waals surface area contributed by atoms with E-state index in [2.05, 4.69) is 19.9 Å². The standard InChI is InChI=1S/C12H16N2O/c1-8(2)9(3)15-12-6-10(7-13)4-5-11(12)14/h4-6,8-9H,14H2,1-3H3. The Labute approximate surface area is 90.5 Å². The summed E-state index contributed by atoms with van der Waals surface area (Å²) in [6, 6.07) is 7.11. The van der Waals surface area contributed by atoms with Crippen molar-refractivity contribution in [3.63, 3.8) is 0 Å². The van der Waals surface area contributed by atoms with Crippen molar-refractivity contribution in [3.8, 4) is 11.8 Å². The van der Waals surface area contributed by atoms with E-state index in [0.717, 1.165) is 0 Å². The summed E-state index contributed by atoms with van der Waals surface area (Å²) in [6.07, 6.45) is 0.0845. The van der Waals surface area contributed by atoms with Crippen LogP contribution >= 0.6 is 0 Å². The first-order valence-corrected chi connectivity index (χ1v) is 5.01. The number of rotatable bonds is 3. The molecule has 0 heterocycles. The third-order valence-electron chi connectivity index (χ3n) is 2.39. The van der Waals surface area contributed by atoms with Crippen LogP contribution in [0.2, 0.25) is 0 Å². The minimum absolute atomic E-state index is 0.0845. The molecule has 0 aliphatic rings. The Balaban J connectivity index is 2.89. The second-order valence-electron chi connectivity index (χ2n) is 3.93. The van der Waals surface area contributed by atoms with Crippen molar-refractivity contribution in [2.24, 2.45) is 5.92 Å². The first-order chi connectivity index (χ1) is 7.04.